The molecular weight excluding hydrogens is 342 g/mol. The maximum Gasteiger partial charge on any atom is 0.262 e. The molecule has 0 atom stereocenters. The third kappa shape index (κ3) is 1.91. The highest BCUT2D eigenvalue weighted by Gasteiger charge is 2.49. The molecule has 0 N–H and O–H groups in total. The highest BCUT2D eigenvalue weighted by atomic mass is 16.2. The van der Waals surface area contributed by atoms with Crippen LogP contribution in [0.4, 0.5) is 0 Å². The summed E-state index contributed by atoms with van der Waals surface area (Å²) in [5, 5.41) is 0. The van der Waals surface area contributed by atoms with Gasteiger partial charge in [0.15, 0.2) is 0 Å². The van der Waals surface area contributed by atoms with Gasteiger partial charge < -0.3 is 0 Å². The Morgan fingerprint density at radius 1 is 0.423 bits per heavy atom. The average molecular weight is 357 g/mol. The van der Waals surface area contributed by atoms with Gasteiger partial charge in [-0.05, 0) is 13.8 Å². The first-order valence-electron chi connectivity index (χ1n) is 7.66. The van der Waals surface area contributed by atoms with E-state index in [0.717, 1.165) is 14.7 Å². The van der Waals surface area contributed by atoms with Crippen molar-refractivity contribution in [3.05, 3.63) is 33.4 Å². The Bertz CT molecular complexity index is 889. The molecule has 0 aromatic rings. The number of amides is 6. The number of imide groups is 3. The van der Waals surface area contributed by atoms with Gasteiger partial charge in [0.05, 0.1) is 22.3 Å². The Balaban J connectivity index is 2.37. The van der Waals surface area contributed by atoms with Crippen molar-refractivity contribution in [3.63, 3.8) is 0 Å². The SMILES string of the molecule is CC1=C(C2=C(C3=C(C)C(=O)N(C)C3=O)C(=O)N(C)C2=O)C(=O)N(C)C1=O. The van der Waals surface area contributed by atoms with E-state index >= 15 is 0 Å². The first-order valence-corrected chi connectivity index (χ1v) is 7.66. The molecule has 9 heteroatoms. The van der Waals surface area contributed by atoms with Crippen molar-refractivity contribution in [2.45, 2.75) is 13.8 Å². The second-order valence-corrected chi connectivity index (χ2v) is 6.26. The van der Waals surface area contributed by atoms with Gasteiger partial charge >= 0.3 is 0 Å². The predicted octanol–water partition coefficient (Wildman–Crippen LogP) is -1.09. The normalized spacial score (nSPS) is 21.8. The first kappa shape index (κ1) is 17.5. The van der Waals surface area contributed by atoms with Crippen LogP contribution in [0.3, 0.4) is 0 Å². The molecular formula is C17H15N3O6. The zero-order valence-electron chi connectivity index (χ0n) is 14.8. The Kier molecular flexibility index (Phi) is 3.57. The van der Waals surface area contributed by atoms with Crippen LogP contribution < -0.4 is 0 Å². The molecule has 0 radical (unpaired) electrons. The van der Waals surface area contributed by atoms with Gasteiger partial charge in [0.2, 0.25) is 0 Å². The van der Waals surface area contributed by atoms with Gasteiger partial charge in [-0.25, -0.2) is 0 Å². The minimum Gasteiger partial charge on any atom is -0.278 e. The molecule has 0 saturated carbocycles. The first-order chi connectivity index (χ1) is 12.0. The molecule has 0 aromatic carbocycles. The standard InChI is InChI=1S/C17H15N3O6/c1-6-8(14(23)18(3)12(6)21)10-11(17(26)20(5)16(10)25)9-7(2)13(22)19(4)15(9)24/h1-5H3. The smallest absolute Gasteiger partial charge is 0.262 e. The fourth-order valence-corrected chi connectivity index (χ4v) is 3.25. The molecule has 0 spiro atoms. The number of nitrogens with zero attached hydrogens (tertiary/aromatic N) is 3. The van der Waals surface area contributed by atoms with E-state index in [1.807, 2.05) is 0 Å². The predicted molar refractivity (Wildman–Crippen MR) is 85.8 cm³/mol. The van der Waals surface area contributed by atoms with Gasteiger partial charge in [0.25, 0.3) is 35.4 Å². The van der Waals surface area contributed by atoms with Crippen molar-refractivity contribution in [2.75, 3.05) is 21.1 Å². The lowest BCUT2D eigenvalue weighted by Crippen LogP contribution is -2.30. The summed E-state index contributed by atoms with van der Waals surface area (Å²) < 4.78 is 0. The van der Waals surface area contributed by atoms with Gasteiger partial charge in [0.1, 0.15) is 0 Å². The molecule has 0 bridgehead atoms. The van der Waals surface area contributed by atoms with Crippen LogP contribution in [0.15, 0.2) is 33.4 Å². The zero-order chi connectivity index (χ0) is 19.7. The van der Waals surface area contributed by atoms with Gasteiger partial charge in [-0.1, -0.05) is 0 Å². The van der Waals surface area contributed by atoms with Crippen molar-refractivity contribution in [1.29, 1.82) is 0 Å². The summed E-state index contributed by atoms with van der Waals surface area (Å²) in [6.07, 6.45) is 0. The Morgan fingerprint density at radius 3 is 0.885 bits per heavy atom. The van der Waals surface area contributed by atoms with Crippen molar-refractivity contribution < 1.29 is 28.8 Å². The summed E-state index contributed by atoms with van der Waals surface area (Å²) in [4.78, 5) is 76.9. The van der Waals surface area contributed by atoms with E-state index in [-0.39, 0.29) is 33.4 Å². The number of hydrogen-bond acceptors (Lipinski definition) is 6. The van der Waals surface area contributed by atoms with Crippen LogP contribution in [-0.2, 0) is 28.8 Å². The molecule has 3 aliphatic rings. The Hall–Kier alpha value is -3.36. The molecule has 6 amide bonds. The van der Waals surface area contributed by atoms with Gasteiger partial charge in [-0.3, -0.25) is 43.5 Å². The van der Waals surface area contributed by atoms with Crippen LogP contribution >= 0.6 is 0 Å². The average Bonchev–Trinajstić information content (AvgIpc) is 3.02. The molecule has 26 heavy (non-hydrogen) atoms. The van der Waals surface area contributed by atoms with Gasteiger partial charge in [-0.15, -0.1) is 0 Å². The second kappa shape index (κ2) is 5.32. The fraction of sp³-hybridized carbons (Fsp3) is 0.294. The van der Waals surface area contributed by atoms with Crippen LogP contribution in [-0.4, -0.2) is 71.3 Å². The Morgan fingerprint density at radius 2 is 0.654 bits per heavy atom. The zero-order valence-corrected chi connectivity index (χ0v) is 14.8. The van der Waals surface area contributed by atoms with E-state index in [0.29, 0.717) is 0 Å². The van der Waals surface area contributed by atoms with E-state index < -0.39 is 35.4 Å². The summed E-state index contributed by atoms with van der Waals surface area (Å²) in [5.41, 5.74) is -1.06. The van der Waals surface area contributed by atoms with Crippen molar-refractivity contribution in [1.82, 2.24) is 14.7 Å². The molecule has 0 fully saturated rings. The lowest BCUT2D eigenvalue weighted by Gasteiger charge is -2.09. The highest BCUT2D eigenvalue weighted by molar-refractivity contribution is 6.35. The quantitative estimate of drug-likeness (QED) is 0.581. The van der Waals surface area contributed by atoms with Crippen molar-refractivity contribution >= 4 is 35.4 Å². The summed E-state index contributed by atoms with van der Waals surface area (Å²) in [6.45, 7) is 2.74. The molecule has 0 aliphatic carbocycles. The van der Waals surface area contributed by atoms with Crippen LogP contribution in [0.5, 0.6) is 0 Å². The molecule has 3 aliphatic heterocycles. The topological polar surface area (TPSA) is 112 Å². The van der Waals surface area contributed by atoms with Crippen LogP contribution in [0, 0.1) is 0 Å². The van der Waals surface area contributed by atoms with Crippen LogP contribution in [0.1, 0.15) is 13.8 Å². The maximum atomic E-state index is 12.6. The molecule has 0 aromatic heterocycles. The van der Waals surface area contributed by atoms with E-state index in [1.54, 1.807) is 0 Å². The number of rotatable bonds is 2. The molecule has 3 rings (SSSR count). The van der Waals surface area contributed by atoms with E-state index in [4.69, 9.17) is 0 Å². The highest BCUT2D eigenvalue weighted by Crippen LogP contribution is 2.38. The summed E-state index contributed by atoms with van der Waals surface area (Å²) in [6, 6.07) is 0. The largest absolute Gasteiger partial charge is 0.278 e. The van der Waals surface area contributed by atoms with Gasteiger partial charge in [-0.2, -0.15) is 0 Å². The lowest BCUT2D eigenvalue weighted by atomic mass is 9.92. The molecule has 134 valence electrons. The van der Waals surface area contributed by atoms with Crippen LogP contribution in [0.25, 0.3) is 0 Å². The minimum absolute atomic E-state index is 0.00447. The maximum absolute atomic E-state index is 12.6. The van der Waals surface area contributed by atoms with E-state index in [9.17, 15) is 28.8 Å². The van der Waals surface area contributed by atoms with Crippen LogP contribution in [0.2, 0.25) is 0 Å². The number of carbonyl (C=O) groups is 6. The number of hydrogen-bond donors (Lipinski definition) is 0. The molecule has 3 heterocycles. The number of carbonyl (C=O) groups excluding carboxylic acids is 6. The summed E-state index contributed by atoms with van der Waals surface area (Å²) in [7, 11) is 3.73. The van der Waals surface area contributed by atoms with Crippen molar-refractivity contribution in [2.24, 2.45) is 0 Å². The molecule has 9 nitrogen and oxygen atoms in total. The monoisotopic (exact) mass is 357 g/mol. The third-order valence-corrected chi connectivity index (χ3v) is 4.82. The summed E-state index contributed by atoms with van der Waals surface area (Å²) >= 11 is 0. The summed E-state index contributed by atoms with van der Waals surface area (Å²) in [5.74, 6) is -4.26. The lowest BCUT2D eigenvalue weighted by molar-refractivity contribution is -0.138. The second-order valence-electron chi connectivity index (χ2n) is 6.26. The minimum atomic E-state index is -0.800. The van der Waals surface area contributed by atoms with E-state index in [1.165, 1.54) is 35.0 Å². The molecule has 0 unspecified atom stereocenters. The Labute approximate surface area is 148 Å². The van der Waals surface area contributed by atoms with Gasteiger partial charge in [0, 0.05) is 32.3 Å². The molecule has 0 saturated heterocycles. The fourth-order valence-electron chi connectivity index (χ4n) is 3.25. The number of likely N-dealkylation sites (N-methyl/N-ethyl adjacent to an activating group) is 3. The third-order valence-electron chi connectivity index (χ3n) is 4.82. The van der Waals surface area contributed by atoms with E-state index in [2.05, 4.69) is 0 Å². The van der Waals surface area contributed by atoms with Crippen molar-refractivity contribution in [3.8, 4) is 0 Å².